The lowest BCUT2D eigenvalue weighted by molar-refractivity contribution is -0.127. The quantitative estimate of drug-likeness (QED) is 0.218. The van der Waals surface area contributed by atoms with Crippen molar-refractivity contribution in [1.29, 1.82) is 5.41 Å². The first-order chi connectivity index (χ1) is 13.9. The first kappa shape index (κ1) is 21.7. The summed E-state index contributed by atoms with van der Waals surface area (Å²) in [6.07, 6.45) is 0.591. The first-order valence-corrected chi connectivity index (χ1v) is 9.03. The van der Waals surface area contributed by atoms with Crippen LogP contribution in [-0.2, 0) is 16.0 Å². The summed E-state index contributed by atoms with van der Waals surface area (Å²) in [5.74, 6) is -0.815. The van der Waals surface area contributed by atoms with Gasteiger partial charge < -0.3 is 31.9 Å². The van der Waals surface area contributed by atoms with E-state index in [0.29, 0.717) is 24.2 Å². The second-order valence-electron chi connectivity index (χ2n) is 6.36. The van der Waals surface area contributed by atoms with E-state index in [1.807, 2.05) is 0 Å². The Morgan fingerprint density at radius 3 is 2.48 bits per heavy atom. The highest BCUT2D eigenvalue weighted by Gasteiger charge is 2.18. The van der Waals surface area contributed by atoms with E-state index in [2.05, 4.69) is 16.0 Å². The fraction of sp³-hybridized carbons (Fsp3) is 0.250. The minimum atomic E-state index is -0.956. The monoisotopic (exact) mass is 399 g/mol. The maximum Gasteiger partial charge on any atom is 0.245 e. The number of hydrogen-bond donors (Lipinski definition) is 7. The van der Waals surface area contributed by atoms with Crippen LogP contribution in [0.3, 0.4) is 0 Å². The number of rotatable bonds is 10. The molecular formula is C20H25N5O4. The average molecular weight is 399 g/mol. The number of phenolic OH excluding ortho intramolecular Hbond substituents is 1. The van der Waals surface area contributed by atoms with Gasteiger partial charge in [0.25, 0.3) is 0 Å². The van der Waals surface area contributed by atoms with Gasteiger partial charge in [-0.25, -0.2) is 0 Å². The molecule has 0 heterocycles. The highest BCUT2D eigenvalue weighted by Crippen LogP contribution is 2.12. The van der Waals surface area contributed by atoms with Crippen molar-refractivity contribution in [2.24, 2.45) is 5.73 Å². The van der Waals surface area contributed by atoms with Crippen molar-refractivity contribution in [2.75, 3.05) is 25.0 Å². The molecule has 0 spiro atoms. The van der Waals surface area contributed by atoms with Gasteiger partial charge in [-0.2, -0.15) is 0 Å². The number of carbonyl (C=O) groups is 2. The van der Waals surface area contributed by atoms with Crippen LogP contribution >= 0.6 is 0 Å². The minimum Gasteiger partial charge on any atom is -0.508 e. The molecule has 154 valence electrons. The molecule has 2 aromatic carbocycles. The van der Waals surface area contributed by atoms with Crippen molar-refractivity contribution in [3.8, 4) is 5.75 Å². The van der Waals surface area contributed by atoms with Gasteiger partial charge in [-0.15, -0.1) is 0 Å². The zero-order chi connectivity index (χ0) is 21.2. The SMILES string of the molecule is N=C(N)c1cccc(NC(CO)C(=O)NCC(=O)NCCc2ccc(O)cc2)c1. The summed E-state index contributed by atoms with van der Waals surface area (Å²) >= 11 is 0. The molecule has 0 aliphatic carbocycles. The van der Waals surface area contributed by atoms with Crippen molar-refractivity contribution in [3.05, 3.63) is 59.7 Å². The van der Waals surface area contributed by atoms with E-state index in [-0.39, 0.29) is 24.0 Å². The number of amidine groups is 1. The molecule has 0 fully saturated rings. The molecule has 8 N–H and O–H groups in total. The third-order valence-corrected chi connectivity index (χ3v) is 4.11. The van der Waals surface area contributed by atoms with E-state index in [0.717, 1.165) is 5.56 Å². The van der Waals surface area contributed by atoms with Gasteiger partial charge in [-0.3, -0.25) is 15.0 Å². The normalized spacial score (nSPS) is 11.3. The summed E-state index contributed by atoms with van der Waals surface area (Å²) in [5.41, 5.74) is 7.41. The number of aliphatic hydroxyl groups is 1. The fourth-order valence-electron chi connectivity index (χ4n) is 2.53. The molecule has 1 atom stereocenters. The molecule has 0 bridgehead atoms. The number of aliphatic hydroxyl groups excluding tert-OH is 1. The first-order valence-electron chi connectivity index (χ1n) is 9.03. The molecule has 0 aliphatic heterocycles. The van der Waals surface area contributed by atoms with Gasteiger partial charge in [0.1, 0.15) is 17.6 Å². The van der Waals surface area contributed by atoms with Gasteiger partial charge in [0.2, 0.25) is 11.8 Å². The molecular weight excluding hydrogens is 374 g/mol. The standard InChI is InChI=1S/C20H25N5O4/c21-19(22)14-2-1-3-15(10-14)25-17(12-26)20(29)24-11-18(28)23-9-8-13-4-6-16(27)7-5-13/h1-7,10,17,25-27H,8-9,11-12H2,(H3,21,22)(H,23,28)(H,24,29). The number of carbonyl (C=O) groups excluding carboxylic acids is 2. The summed E-state index contributed by atoms with van der Waals surface area (Å²) in [4.78, 5) is 24.1. The molecule has 9 nitrogen and oxygen atoms in total. The van der Waals surface area contributed by atoms with Gasteiger partial charge in [0, 0.05) is 17.8 Å². The van der Waals surface area contributed by atoms with Gasteiger partial charge >= 0.3 is 0 Å². The molecule has 0 radical (unpaired) electrons. The van der Waals surface area contributed by atoms with E-state index < -0.39 is 18.6 Å². The lowest BCUT2D eigenvalue weighted by Gasteiger charge is -2.17. The third kappa shape index (κ3) is 7.15. The number of aromatic hydroxyl groups is 1. The van der Waals surface area contributed by atoms with E-state index in [1.54, 1.807) is 48.5 Å². The van der Waals surface area contributed by atoms with Crippen LogP contribution in [0, 0.1) is 5.41 Å². The van der Waals surface area contributed by atoms with Gasteiger partial charge in [-0.05, 0) is 36.2 Å². The number of anilines is 1. The van der Waals surface area contributed by atoms with E-state index >= 15 is 0 Å². The van der Waals surface area contributed by atoms with E-state index in [4.69, 9.17) is 11.1 Å². The zero-order valence-electron chi connectivity index (χ0n) is 15.8. The number of hydrogen-bond acceptors (Lipinski definition) is 6. The maximum absolute atomic E-state index is 12.2. The Morgan fingerprint density at radius 2 is 1.83 bits per heavy atom. The van der Waals surface area contributed by atoms with Crippen LogP contribution in [0.15, 0.2) is 48.5 Å². The topological polar surface area (TPSA) is 161 Å². The van der Waals surface area contributed by atoms with Crippen LogP contribution in [0.4, 0.5) is 5.69 Å². The highest BCUT2D eigenvalue weighted by molar-refractivity contribution is 5.96. The van der Waals surface area contributed by atoms with Crippen molar-refractivity contribution in [1.82, 2.24) is 10.6 Å². The minimum absolute atomic E-state index is 0.109. The van der Waals surface area contributed by atoms with E-state index in [9.17, 15) is 19.8 Å². The summed E-state index contributed by atoms with van der Waals surface area (Å²) in [6.45, 7) is -0.308. The summed E-state index contributed by atoms with van der Waals surface area (Å²) in [7, 11) is 0. The Morgan fingerprint density at radius 1 is 1.10 bits per heavy atom. The third-order valence-electron chi connectivity index (χ3n) is 4.11. The number of benzene rings is 2. The van der Waals surface area contributed by atoms with Gasteiger partial charge in [0.05, 0.1) is 13.2 Å². The number of nitrogen functional groups attached to an aromatic ring is 1. The number of nitrogens with one attached hydrogen (secondary N) is 4. The highest BCUT2D eigenvalue weighted by atomic mass is 16.3. The molecule has 2 rings (SSSR count). The molecule has 1 unspecified atom stereocenters. The van der Waals surface area contributed by atoms with Gasteiger partial charge in [-0.1, -0.05) is 24.3 Å². The van der Waals surface area contributed by atoms with Crippen molar-refractivity contribution >= 4 is 23.3 Å². The summed E-state index contributed by atoms with van der Waals surface area (Å²) < 4.78 is 0. The molecule has 9 heteroatoms. The molecule has 2 amide bonds. The molecule has 0 saturated heterocycles. The Bertz CT molecular complexity index is 854. The van der Waals surface area contributed by atoms with Crippen molar-refractivity contribution in [2.45, 2.75) is 12.5 Å². The average Bonchev–Trinajstić information content (AvgIpc) is 2.72. The Balaban J connectivity index is 1.77. The Labute approximate surface area is 168 Å². The lowest BCUT2D eigenvalue weighted by atomic mass is 10.1. The maximum atomic E-state index is 12.2. The summed E-state index contributed by atoms with van der Waals surface area (Å²) in [5, 5.41) is 34.2. The number of phenols is 1. The molecule has 2 aromatic rings. The second kappa shape index (κ2) is 10.7. The van der Waals surface area contributed by atoms with Gasteiger partial charge in [0.15, 0.2) is 0 Å². The lowest BCUT2D eigenvalue weighted by Crippen LogP contribution is -2.46. The predicted octanol–water partition coefficient (Wildman–Crippen LogP) is -0.0758. The van der Waals surface area contributed by atoms with Crippen LogP contribution in [0.25, 0.3) is 0 Å². The van der Waals surface area contributed by atoms with Crippen LogP contribution in [0.5, 0.6) is 5.75 Å². The zero-order valence-corrected chi connectivity index (χ0v) is 15.8. The fourth-order valence-corrected chi connectivity index (χ4v) is 2.53. The predicted molar refractivity (Wildman–Crippen MR) is 110 cm³/mol. The van der Waals surface area contributed by atoms with Crippen LogP contribution in [0.1, 0.15) is 11.1 Å². The Hall–Kier alpha value is -3.59. The van der Waals surface area contributed by atoms with Crippen LogP contribution < -0.4 is 21.7 Å². The largest absolute Gasteiger partial charge is 0.508 e. The number of nitrogens with two attached hydrogens (primary N) is 1. The molecule has 0 aliphatic rings. The summed E-state index contributed by atoms with van der Waals surface area (Å²) in [6, 6.07) is 12.3. The van der Waals surface area contributed by atoms with E-state index in [1.165, 1.54) is 0 Å². The van der Waals surface area contributed by atoms with Crippen LogP contribution in [0.2, 0.25) is 0 Å². The molecule has 0 saturated carbocycles. The molecule has 0 aromatic heterocycles. The Kier molecular flexibility index (Phi) is 7.99. The second-order valence-corrected chi connectivity index (χ2v) is 6.36. The molecule has 29 heavy (non-hydrogen) atoms. The van der Waals surface area contributed by atoms with Crippen molar-refractivity contribution in [3.63, 3.8) is 0 Å². The number of amides is 2. The smallest absolute Gasteiger partial charge is 0.245 e. The van der Waals surface area contributed by atoms with Crippen LogP contribution in [-0.4, -0.2) is 53.6 Å². The van der Waals surface area contributed by atoms with Crippen molar-refractivity contribution < 1.29 is 19.8 Å².